The summed E-state index contributed by atoms with van der Waals surface area (Å²) >= 11 is 0. The summed E-state index contributed by atoms with van der Waals surface area (Å²) in [6.45, 7) is 9.58. The predicted molar refractivity (Wildman–Crippen MR) is 103 cm³/mol. The number of methoxy groups -OCH3 is 3. The monoisotopic (exact) mass is 366 g/mol. The van der Waals surface area contributed by atoms with Crippen molar-refractivity contribution in [3.63, 3.8) is 0 Å². The number of benzene rings is 1. The molecule has 0 amide bonds. The molecule has 0 bridgehead atoms. The molecule has 1 N–H and O–H groups in total. The second-order valence-electron chi connectivity index (χ2n) is 7.28. The Balaban J connectivity index is 2.13. The highest BCUT2D eigenvalue weighted by molar-refractivity contribution is 5.55. The van der Waals surface area contributed by atoms with Crippen molar-refractivity contribution in [2.75, 3.05) is 54.1 Å². The first-order valence-corrected chi connectivity index (χ1v) is 9.39. The fourth-order valence-electron chi connectivity index (χ4n) is 3.76. The molecular formula is C20H34N2O4. The Morgan fingerprint density at radius 3 is 2.38 bits per heavy atom. The van der Waals surface area contributed by atoms with E-state index >= 15 is 0 Å². The first-order chi connectivity index (χ1) is 12.5. The van der Waals surface area contributed by atoms with E-state index in [-0.39, 0.29) is 6.61 Å². The molecule has 0 spiro atoms. The highest BCUT2D eigenvalue weighted by Crippen LogP contribution is 2.40. The zero-order valence-electron chi connectivity index (χ0n) is 16.8. The van der Waals surface area contributed by atoms with Crippen LogP contribution >= 0.6 is 0 Å². The van der Waals surface area contributed by atoms with Gasteiger partial charge in [-0.1, -0.05) is 19.9 Å². The maximum Gasteiger partial charge on any atom is 0.203 e. The van der Waals surface area contributed by atoms with E-state index in [0.717, 1.165) is 50.5 Å². The third kappa shape index (κ3) is 5.02. The van der Waals surface area contributed by atoms with Crippen molar-refractivity contribution in [3.8, 4) is 17.2 Å². The molecule has 26 heavy (non-hydrogen) atoms. The molecular weight excluding hydrogens is 332 g/mol. The fourth-order valence-corrected chi connectivity index (χ4v) is 3.76. The van der Waals surface area contributed by atoms with E-state index in [0.29, 0.717) is 23.5 Å². The lowest BCUT2D eigenvalue weighted by Gasteiger charge is -2.42. The van der Waals surface area contributed by atoms with Gasteiger partial charge in [0.1, 0.15) is 0 Å². The van der Waals surface area contributed by atoms with E-state index in [4.69, 9.17) is 14.2 Å². The molecule has 1 aliphatic heterocycles. The van der Waals surface area contributed by atoms with Gasteiger partial charge in [-0.25, -0.2) is 0 Å². The van der Waals surface area contributed by atoms with Crippen molar-refractivity contribution < 1.29 is 19.3 Å². The highest BCUT2D eigenvalue weighted by Gasteiger charge is 2.28. The van der Waals surface area contributed by atoms with E-state index in [1.54, 1.807) is 21.3 Å². The average Bonchev–Trinajstić information content (AvgIpc) is 2.63. The molecule has 0 radical (unpaired) electrons. The van der Waals surface area contributed by atoms with Crippen molar-refractivity contribution in [2.45, 2.75) is 32.9 Å². The SMILES string of the molecule is COc1ccc(CN2CCN(CC(C)C)[C@@H](CCO)C2)c(OC)c1OC. The number of hydrogen-bond donors (Lipinski definition) is 1. The third-order valence-corrected chi connectivity index (χ3v) is 4.93. The highest BCUT2D eigenvalue weighted by atomic mass is 16.5. The molecule has 0 unspecified atom stereocenters. The average molecular weight is 367 g/mol. The largest absolute Gasteiger partial charge is 0.493 e. The Morgan fingerprint density at radius 2 is 1.81 bits per heavy atom. The van der Waals surface area contributed by atoms with Crippen LogP contribution in [0.4, 0.5) is 0 Å². The van der Waals surface area contributed by atoms with E-state index < -0.39 is 0 Å². The summed E-state index contributed by atoms with van der Waals surface area (Å²) in [4.78, 5) is 4.95. The van der Waals surface area contributed by atoms with Crippen LogP contribution in [0.3, 0.4) is 0 Å². The molecule has 1 aromatic carbocycles. The molecule has 1 aromatic rings. The molecule has 0 aliphatic carbocycles. The number of hydrogen-bond acceptors (Lipinski definition) is 6. The van der Waals surface area contributed by atoms with Crippen LogP contribution in [-0.2, 0) is 6.54 Å². The standard InChI is InChI=1S/C20H34N2O4/c1-15(2)12-22-10-9-21(14-17(22)8-11-23)13-16-6-7-18(24-3)20(26-5)19(16)25-4/h6-7,15,17,23H,8-14H2,1-5H3/t17-/m0/s1. The topological polar surface area (TPSA) is 54.4 Å². The molecule has 0 saturated carbocycles. The molecule has 1 atom stereocenters. The second-order valence-corrected chi connectivity index (χ2v) is 7.28. The Kier molecular flexibility index (Phi) is 8.00. The maximum atomic E-state index is 9.46. The van der Waals surface area contributed by atoms with Crippen LogP contribution in [-0.4, -0.2) is 75.1 Å². The summed E-state index contributed by atoms with van der Waals surface area (Å²) < 4.78 is 16.5. The Morgan fingerprint density at radius 1 is 1.08 bits per heavy atom. The minimum atomic E-state index is 0.229. The number of piperazine rings is 1. The number of rotatable bonds is 9. The van der Waals surface area contributed by atoms with Crippen LogP contribution in [0.25, 0.3) is 0 Å². The molecule has 6 nitrogen and oxygen atoms in total. The molecule has 1 heterocycles. The molecule has 2 rings (SSSR count). The van der Waals surface area contributed by atoms with Gasteiger partial charge in [-0.3, -0.25) is 9.80 Å². The summed E-state index contributed by atoms with van der Waals surface area (Å²) in [5, 5.41) is 9.46. The number of ether oxygens (including phenoxy) is 3. The van der Waals surface area contributed by atoms with Crippen LogP contribution < -0.4 is 14.2 Å². The Bertz CT molecular complexity index is 565. The summed E-state index contributed by atoms with van der Waals surface area (Å²) in [6, 6.07) is 4.36. The van der Waals surface area contributed by atoms with Crippen molar-refractivity contribution in [1.82, 2.24) is 9.80 Å². The van der Waals surface area contributed by atoms with Gasteiger partial charge in [-0.15, -0.1) is 0 Å². The second kappa shape index (κ2) is 10.00. The minimum Gasteiger partial charge on any atom is -0.493 e. The molecule has 1 saturated heterocycles. The van der Waals surface area contributed by atoms with Crippen molar-refractivity contribution >= 4 is 0 Å². The van der Waals surface area contributed by atoms with Gasteiger partial charge in [0.05, 0.1) is 21.3 Å². The van der Waals surface area contributed by atoms with E-state index in [9.17, 15) is 5.11 Å². The normalized spacial score (nSPS) is 19.0. The van der Waals surface area contributed by atoms with Crippen molar-refractivity contribution in [1.29, 1.82) is 0 Å². The fraction of sp³-hybridized carbons (Fsp3) is 0.700. The molecule has 0 aromatic heterocycles. The third-order valence-electron chi connectivity index (χ3n) is 4.93. The smallest absolute Gasteiger partial charge is 0.203 e. The van der Waals surface area contributed by atoms with Crippen LogP contribution in [0.2, 0.25) is 0 Å². The molecule has 1 fully saturated rings. The van der Waals surface area contributed by atoms with Gasteiger partial charge < -0.3 is 19.3 Å². The summed E-state index contributed by atoms with van der Waals surface area (Å²) in [5.41, 5.74) is 1.09. The van der Waals surface area contributed by atoms with Crippen LogP contribution in [0, 0.1) is 5.92 Å². The van der Waals surface area contributed by atoms with Gasteiger partial charge in [-0.05, 0) is 18.4 Å². The first kappa shape index (κ1) is 20.8. The predicted octanol–water partition coefficient (Wildman–Crippen LogP) is 2.24. The van der Waals surface area contributed by atoms with Crippen molar-refractivity contribution in [3.05, 3.63) is 17.7 Å². The van der Waals surface area contributed by atoms with Gasteiger partial charge in [0.25, 0.3) is 0 Å². The molecule has 6 heteroatoms. The lowest BCUT2D eigenvalue weighted by molar-refractivity contribution is 0.0473. The van der Waals surface area contributed by atoms with Crippen LogP contribution in [0.5, 0.6) is 17.2 Å². The van der Waals surface area contributed by atoms with Crippen molar-refractivity contribution in [2.24, 2.45) is 5.92 Å². The quantitative estimate of drug-likeness (QED) is 0.723. The van der Waals surface area contributed by atoms with Gasteiger partial charge in [0, 0.05) is 50.9 Å². The van der Waals surface area contributed by atoms with E-state index in [1.165, 1.54) is 0 Å². The maximum absolute atomic E-state index is 9.46. The van der Waals surface area contributed by atoms with Crippen LogP contribution in [0.15, 0.2) is 12.1 Å². The van der Waals surface area contributed by atoms with Gasteiger partial charge in [-0.2, -0.15) is 0 Å². The first-order valence-electron chi connectivity index (χ1n) is 9.39. The lowest BCUT2D eigenvalue weighted by atomic mass is 10.0. The zero-order chi connectivity index (χ0) is 19.1. The lowest BCUT2D eigenvalue weighted by Crippen LogP contribution is -2.53. The summed E-state index contributed by atoms with van der Waals surface area (Å²) in [5.74, 6) is 2.68. The van der Waals surface area contributed by atoms with Crippen LogP contribution in [0.1, 0.15) is 25.8 Å². The van der Waals surface area contributed by atoms with Gasteiger partial charge in [0.2, 0.25) is 5.75 Å². The van der Waals surface area contributed by atoms with E-state index in [1.807, 2.05) is 12.1 Å². The minimum absolute atomic E-state index is 0.229. The Hall–Kier alpha value is -1.50. The Labute approximate surface area is 157 Å². The summed E-state index contributed by atoms with van der Waals surface area (Å²) in [7, 11) is 4.92. The number of aliphatic hydroxyl groups excluding tert-OH is 1. The molecule has 1 aliphatic rings. The van der Waals surface area contributed by atoms with Gasteiger partial charge >= 0.3 is 0 Å². The number of aliphatic hydroxyl groups is 1. The van der Waals surface area contributed by atoms with E-state index in [2.05, 4.69) is 23.6 Å². The summed E-state index contributed by atoms with van der Waals surface area (Å²) in [6.07, 6.45) is 0.812. The zero-order valence-corrected chi connectivity index (χ0v) is 16.8. The van der Waals surface area contributed by atoms with Gasteiger partial charge in [0.15, 0.2) is 11.5 Å². The molecule has 148 valence electrons. The number of nitrogens with zero attached hydrogens (tertiary/aromatic N) is 2.